The zero-order valence-corrected chi connectivity index (χ0v) is 12.2. The molecular formula is C13H18N4OS. The summed E-state index contributed by atoms with van der Waals surface area (Å²) in [6.45, 7) is 5.32. The second-order valence-electron chi connectivity index (χ2n) is 5.26. The zero-order chi connectivity index (χ0) is 13.9. The minimum Gasteiger partial charge on any atom is -0.338 e. The number of carbonyl (C=O) groups is 1. The van der Waals surface area contributed by atoms with E-state index in [9.17, 15) is 4.79 Å². The van der Waals surface area contributed by atoms with Gasteiger partial charge in [0.1, 0.15) is 4.88 Å². The third-order valence-corrected chi connectivity index (χ3v) is 4.42. The van der Waals surface area contributed by atoms with Gasteiger partial charge in [0, 0.05) is 13.1 Å². The summed E-state index contributed by atoms with van der Waals surface area (Å²) in [7, 11) is 0. The number of nitrogens with zero attached hydrogens (tertiary/aromatic N) is 4. The van der Waals surface area contributed by atoms with Gasteiger partial charge >= 0.3 is 0 Å². The second kappa shape index (κ2) is 5.66. The molecule has 1 aliphatic heterocycles. The molecule has 102 valence electrons. The quantitative estimate of drug-likeness (QED) is 0.850. The first-order chi connectivity index (χ1) is 9.09. The fourth-order valence-electron chi connectivity index (χ4n) is 2.23. The number of aromatic nitrogens is 2. The maximum absolute atomic E-state index is 12.4. The van der Waals surface area contributed by atoms with Gasteiger partial charge in [0.25, 0.3) is 5.91 Å². The van der Waals surface area contributed by atoms with E-state index in [2.05, 4.69) is 22.6 Å². The van der Waals surface area contributed by atoms with Crippen LogP contribution >= 0.6 is 11.5 Å². The third-order valence-electron chi connectivity index (χ3n) is 3.66. The number of amides is 1. The molecule has 1 aliphatic rings. The Bertz CT molecular complexity index is 497. The van der Waals surface area contributed by atoms with Gasteiger partial charge in [-0.3, -0.25) is 4.79 Å². The Balaban J connectivity index is 2.06. The first-order valence-corrected chi connectivity index (χ1v) is 7.39. The molecule has 0 saturated carbocycles. The largest absolute Gasteiger partial charge is 0.338 e. The summed E-state index contributed by atoms with van der Waals surface area (Å²) >= 11 is 1.18. The van der Waals surface area contributed by atoms with Crippen molar-refractivity contribution in [3.05, 3.63) is 10.6 Å². The van der Waals surface area contributed by atoms with Crippen LogP contribution in [0.2, 0.25) is 0 Å². The molecule has 0 bridgehead atoms. The first-order valence-electron chi connectivity index (χ1n) is 6.61. The molecule has 5 nitrogen and oxygen atoms in total. The Morgan fingerprint density at radius 1 is 1.53 bits per heavy atom. The third kappa shape index (κ3) is 2.92. The van der Waals surface area contributed by atoms with Gasteiger partial charge in [-0.15, -0.1) is 5.10 Å². The van der Waals surface area contributed by atoms with Crippen molar-refractivity contribution in [2.45, 2.75) is 39.5 Å². The predicted molar refractivity (Wildman–Crippen MR) is 72.8 cm³/mol. The summed E-state index contributed by atoms with van der Waals surface area (Å²) < 4.78 is 3.89. The van der Waals surface area contributed by atoms with Crippen LogP contribution in [0.4, 0.5) is 0 Å². The summed E-state index contributed by atoms with van der Waals surface area (Å²) in [4.78, 5) is 14.9. The fourth-order valence-corrected chi connectivity index (χ4v) is 2.91. The molecule has 0 N–H and O–H groups in total. The Morgan fingerprint density at radius 2 is 2.21 bits per heavy atom. The average Bonchev–Trinajstić information content (AvgIpc) is 2.88. The van der Waals surface area contributed by atoms with E-state index in [0.29, 0.717) is 18.0 Å². The monoisotopic (exact) mass is 278 g/mol. The molecule has 1 saturated heterocycles. The number of hydrogen-bond acceptors (Lipinski definition) is 5. The minimum absolute atomic E-state index is 0.0263. The van der Waals surface area contributed by atoms with Crippen molar-refractivity contribution in [3.63, 3.8) is 0 Å². The molecule has 0 spiro atoms. The maximum Gasteiger partial charge on any atom is 0.267 e. The smallest absolute Gasteiger partial charge is 0.267 e. The Labute approximate surface area is 117 Å². The van der Waals surface area contributed by atoms with E-state index >= 15 is 0 Å². The van der Waals surface area contributed by atoms with Crippen LogP contribution in [0.5, 0.6) is 0 Å². The van der Waals surface area contributed by atoms with Gasteiger partial charge in [0.2, 0.25) is 0 Å². The number of nitriles is 1. The Morgan fingerprint density at radius 3 is 2.79 bits per heavy atom. The van der Waals surface area contributed by atoms with Crippen LogP contribution in [0, 0.1) is 16.7 Å². The van der Waals surface area contributed by atoms with Gasteiger partial charge in [0.05, 0.1) is 17.2 Å². The van der Waals surface area contributed by atoms with Gasteiger partial charge in [-0.05, 0) is 37.7 Å². The molecule has 2 heterocycles. The zero-order valence-electron chi connectivity index (χ0n) is 11.3. The summed E-state index contributed by atoms with van der Waals surface area (Å²) in [6.07, 6.45) is 3.23. The first kappa shape index (κ1) is 13.9. The van der Waals surface area contributed by atoms with Crippen molar-refractivity contribution in [3.8, 4) is 6.07 Å². The van der Waals surface area contributed by atoms with Crippen LogP contribution in [0.3, 0.4) is 0 Å². The van der Waals surface area contributed by atoms with E-state index in [1.54, 1.807) is 0 Å². The van der Waals surface area contributed by atoms with Crippen LogP contribution in [0.25, 0.3) is 0 Å². The van der Waals surface area contributed by atoms with E-state index in [1.807, 2.05) is 11.8 Å². The summed E-state index contributed by atoms with van der Waals surface area (Å²) in [5.41, 5.74) is 0.528. The summed E-state index contributed by atoms with van der Waals surface area (Å²) in [5.74, 6) is 0.0263. The molecule has 1 amide bonds. The van der Waals surface area contributed by atoms with Crippen LogP contribution in [-0.2, 0) is 6.42 Å². The van der Waals surface area contributed by atoms with Crippen molar-refractivity contribution < 1.29 is 4.79 Å². The van der Waals surface area contributed by atoms with Crippen molar-refractivity contribution in [1.82, 2.24) is 14.5 Å². The minimum atomic E-state index is -0.283. The molecule has 0 aromatic carbocycles. The number of rotatable bonds is 3. The molecule has 0 aliphatic carbocycles. The molecule has 19 heavy (non-hydrogen) atoms. The average molecular weight is 278 g/mol. The highest BCUT2D eigenvalue weighted by molar-refractivity contribution is 7.08. The van der Waals surface area contributed by atoms with Gasteiger partial charge in [-0.1, -0.05) is 17.8 Å². The van der Waals surface area contributed by atoms with E-state index in [4.69, 9.17) is 5.26 Å². The maximum atomic E-state index is 12.4. The van der Waals surface area contributed by atoms with Gasteiger partial charge in [-0.2, -0.15) is 5.26 Å². The van der Waals surface area contributed by atoms with Gasteiger partial charge < -0.3 is 4.90 Å². The summed E-state index contributed by atoms with van der Waals surface area (Å²) in [6, 6.07) is 2.35. The molecule has 6 heteroatoms. The fraction of sp³-hybridized carbons (Fsp3) is 0.692. The standard InChI is InChI=1S/C13H18N4OS/c1-3-4-10-11(19-16-15-10)12(18)17-7-5-13(2,9-14)6-8-17/h3-8H2,1-2H3. The topological polar surface area (TPSA) is 69.9 Å². The van der Waals surface area contributed by atoms with E-state index in [-0.39, 0.29) is 11.3 Å². The molecule has 2 rings (SSSR count). The van der Waals surface area contributed by atoms with Crippen molar-refractivity contribution in [2.75, 3.05) is 13.1 Å². The normalized spacial score (nSPS) is 18.1. The van der Waals surface area contributed by atoms with Crippen LogP contribution in [0.15, 0.2) is 0 Å². The lowest BCUT2D eigenvalue weighted by Crippen LogP contribution is -2.41. The highest BCUT2D eigenvalue weighted by Crippen LogP contribution is 2.30. The molecule has 0 radical (unpaired) electrons. The second-order valence-corrected chi connectivity index (χ2v) is 6.02. The lowest BCUT2D eigenvalue weighted by molar-refractivity contribution is 0.0665. The number of piperidine rings is 1. The van der Waals surface area contributed by atoms with Gasteiger partial charge in [-0.25, -0.2) is 0 Å². The van der Waals surface area contributed by atoms with Crippen LogP contribution in [-0.4, -0.2) is 33.5 Å². The van der Waals surface area contributed by atoms with Crippen LogP contribution in [0.1, 0.15) is 48.5 Å². The Kier molecular flexibility index (Phi) is 4.15. The molecule has 1 aromatic heterocycles. The number of hydrogen-bond donors (Lipinski definition) is 0. The van der Waals surface area contributed by atoms with E-state index in [0.717, 1.165) is 31.4 Å². The predicted octanol–water partition coefficient (Wildman–Crippen LogP) is 2.26. The SMILES string of the molecule is CCCc1nnsc1C(=O)N1CCC(C)(C#N)CC1. The number of likely N-dealkylation sites (tertiary alicyclic amines) is 1. The molecule has 0 atom stereocenters. The van der Waals surface area contributed by atoms with E-state index < -0.39 is 0 Å². The van der Waals surface area contributed by atoms with Crippen LogP contribution < -0.4 is 0 Å². The van der Waals surface area contributed by atoms with Crippen molar-refractivity contribution in [1.29, 1.82) is 5.26 Å². The molecule has 1 aromatic rings. The van der Waals surface area contributed by atoms with Crippen molar-refractivity contribution >= 4 is 17.4 Å². The Hall–Kier alpha value is -1.48. The highest BCUT2D eigenvalue weighted by atomic mass is 32.1. The lowest BCUT2D eigenvalue weighted by Gasteiger charge is -2.34. The molecule has 0 unspecified atom stereocenters. The van der Waals surface area contributed by atoms with E-state index in [1.165, 1.54) is 11.5 Å². The number of aryl methyl sites for hydroxylation is 1. The summed E-state index contributed by atoms with van der Waals surface area (Å²) in [5, 5.41) is 13.1. The highest BCUT2D eigenvalue weighted by Gasteiger charge is 2.33. The molecular weight excluding hydrogens is 260 g/mol. The van der Waals surface area contributed by atoms with Gasteiger partial charge in [0.15, 0.2) is 0 Å². The molecule has 1 fully saturated rings. The number of carbonyl (C=O) groups excluding carboxylic acids is 1. The van der Waals surface area contributed by atoms with Crippen molar-refractivity contribution in [2.24, 2.45) is 5.41 Å². The lowest BCUT2D eigenvalue weighted by atomic mass is 9.82.